The van der Waals surface area contributed by atoms with Gasteiger partial charge < -0.3 is 5.32 Å². The van der Waals surface area contributed by atoms with E-state index >= 15 is 0 Å². The second-order valence-electron chi connectivity index (χ2n) is 4.08. The molecular weight excluding hydrogens is 158 g/mol. The van der Waals surface area contributed by atoms with Crippen LogP contribution in [0.3, 0.4) is 0 Å². The predicted molar refractivity (Wildman–Crippen MR) is 50.2 cm³/mol. The minimum absolute atomic E-state index is 0. The summed E-state index contributed by atoms with van der Waals surface area (Å²) in [6.45, 7) is 0. The van der Waals surface area contributed by atoms with Gasteiger partial charge in [-0.05, 0) is 44.6 Å². The smallest absolute Gasteiger partial charge is 0.00693 e. The Hall–Kier alpha value is 0.250. The maximum absolute atomic E-state index is 3.40. The van der Waals surface area contributed by atoms with Crippen molar-refractivity contribution in [1.29, 1.82) is 0 Å². The van der Waals surface area contributed by atoms with Crippen LogP contribution in [0.25, 0.3) is 0 Å². The van der Waals surface area contributed by atoms with Crippen LogP contribution in [0.2, 0.25) is 0 Å². The largest absolute Gasteiger partial charge is 0.317 e. The fraction of sp³-hybridized carbons (Fsp3) is 1.00. The van der Waals surface area contributed by atoms with E-state index in [1.807, 2.05) is 0 Å². The summed E-state index contributed by atoms with van der Waals surface area (Å²) in [6.07, 6.45) is 8.90. The van der Waals surface area contributed by atoms with Gasteiger partial charge >= 0.3 is 0 Å². The lowest BCUT2D eigenvalue weighted by atomic mass is 9.83. The molecule has 2 heteroatoms. The number of halogens is 1. The SMILES string of the molecule is CNC1CCCC2(CC2)C1.Cl. The van der Waals surface area contributed by atoms with E-state index in [1.165, 1.54) is 38.5 Å². The van der Waals surface area contributed by atoms with Crippen LogP contribution in [0, 0.1) is 5.41 Å². The molecule has 0 aromatic carbocycles. The highest BCUT2D eigenvalue weighted by molar-refractivity contribution is 5.85. The molecule has 1 unspecified atom stereocenters. The molecule has 11 heavy (non-hydrogen) atoms. The molecule has 0 aromatic heterocycles. The lowest BCUT2D eigenvalue weighted by Gasteiger charge is -2.28. The minimum atomic E-state index is 0. The molecule has 2 fully saturated rings. The molecule has 0 bridgehead atoms. The molecule has 2 aliphatic rings. The van der Waals surface area contributed by atoms with Crippen molar-refractivity contribution in [2.75, 3.05) is 7.05 Å². The maximum Gasteiger partial charge on any atom is 0.00693 e. The van der Waals surface area contributed by atoms with Crippen LogP contribution in [0.5, 0.6) is 0 Å². The normalized spacial score (nSPS) is 33.0. The van der Waals surface area contributed by atoms with Crippen LogP contribution in [0.1, 0.15) is 38.5 Å². The number of hydrogen-bond acceptors (Lipinski definition) is 1. The highest BCUT2D eigenvalue weighted by Crippen LogP contribution is 2.55. The van der Waals surface area contributed by atoms with Gasteiger partial charge in [0.05, 0.1) is 0 Å². The Morgan fingerprint density at radius 3 is 2.55 bits per heavy atom. The molecule has 0 radical (unpaired) electrons. The molecule has 0 heterocycles. The van der Waals surface area contributed by atoms with E-state index in [2.05, 4.69) is 12.4 Å². The van der Waals surface area contributed by atoms with Gasteiger partial charge in [0, 0.05) is 6.04 Å². The topological polar surface area (TPSA) is 12.0 Å². The van der Waals surface area contributed by atoms with Crippen molar-refractivity contribution in [1.82, 2.24) is 5.32 Å². The van der Waals surface area contributed by atoms with Crippen molar-refractivity contribution in [3.63, 3.8) is 0 Å². The first-order chi connectivity index (χ1) is 4.85. The number of nitrogens with one attached hydrogen (secondary N) is 1. The quantitative estimate of drug-likeness (QED) is 0.645. The van der Waals surface area contributed by atoms with Crippen molar-refractivity contribution in [3.05, 3.63) is 0 Å². The Morgan fingerprint density at radius 2 is 2.00 bits per heavy atom. The average molecular weight is 176 g/mol. The zero-order chi connectivity index (χ0) is 7.03. The van der Waals surface area contributed by atoms with Gasteiger partial charge in [-0.15, -0.1) is 12.4 Å². The first-order valence-corrected chi connectivity index (χ1v) is 4.52. The van der Waals surface area contributed by atoms with Crippen LogP contribution < -0.4 is 5.32 Å². The predicted octanol–water partition coefficient (Wildman–Crippen LogP) is 2.35. The second-order valence-corrected chi connectivity index (χ2v) is 4.08. The van der Waals surface area contributed by atoms with E-state index < -0.39 is 0 Å². The summed E-state index contributed by atoms with van der Waals surface area (Å²) < 4.78 is 0. The van der Waals surface area contributed by atoms with Crippen molar-refractivity contribution >= 4 is 12.4 Å². The standard InChI is InChI=1S/C9H17N.ClH/c1-10-8-3-2-4-9(7-8)5-6-9;/h8,10H,2-7H2,1H3;1H. The molecule has 2 aliphatic carbocycles. The molecule has 0 saturated heterocycles. The first-order valence-electron chi connectivity index (χ1n) is 4.52. The third kappa shape index (κ3) is 1.88. The summed E-state index contributed by atoms with van der Waals surface area (Å²) in [6, 6.07) is 0.844. The van der Waals surface area contributed by atoms with E-state index in [0.29, 0.717) is 0 Å². The lowest BCUT2D eigenvalue weighted by Crippen LogP contribution is -2.31. The first kappa shape index (κ1) is 9.34. The fourth-order valence-corrected chi connectivity index (χ4v) is 2.33. The highest BCUT2D eigenvalue weighted by atomic mass is 35.5. The molecule has 66 valence electrons. The minimum Gasteiger partial charge on any atom is -0.317 e. The molecule has 2 saturated carbocycles. The summed E-state index contributed by atoms with van der Waals surface area (Å²) in [5, 5.41) is 3.40. The van der Waals surface area contributed by atoms with Gasteiger partial charge in [0.1, 0.15) is 0 Å². The molecule has 1 nitrogen and oxygen atoms in total. The van der Waals surface area contributed by atoms with Gasteiger partial charge in [-0.2, -0.15) is 0 Å². The van der Waals surface area contributed by atoms with Gasteiger partial charge in [-0.1, -0.05) is 6.42 Å². The van der Waals surface area contributed by atoms with Gasteiger partial charge in [0.25, 0.3) is 0 Å². The van der Waals surface area contributed by atoms with E-state index in [9.17, 15) is 0 Å². The summed E-state index contributed by atoms with van der Waals surface area (Å²) in [7, 11) is 2.10. The Morgan fingerprint density at radius 1 is 1.27 bits per heavy atom. The van der Waals surface area contributed by atoms with Gasteiger partial charge in [-0.3, -0.25) is 0 Å². The van der Waals surface area contributed by atoms with Gasteiger partial charge in [0.2, 0.25) is 0 Å². The molecule has 1 N–H and O–H groups in total. The second kappa shape index (κ2) is 3.32. The Kier molecular flexibility index (Phi) is 2.82. The van der Waals surface area contributed by atoms with Crippen LogP contribution in [0.4, 0.5) is 0 Å². The van der Waals surface area contributed by atoms with E-state index in [-0.39, 0.29) is 12.4 Å². The van der Waals surface area contributed by atoms with Crippen LogP contribution in [0.15, 0.2) is 0 Å². The molecule has 1 atom stereocenters. The highest BCUT2D eigenvalue weighted by Gasteiger charge is 2.45. The summed E-state index contributed by atoms with van der Waals surface area (Å²) in [5.41, 5.74) is 0.839. The summed E-state index contributed by atoms with van der Waals surface area (Å²) >= 11 is 0. The Labute approximate surface area is 75.4 Å². The van der Waals surface area contributed by atoms with E-state index in [4.69, 9.17) is 0 Å². The summed E-state index contributed by atoms with van der Waals surface area (Å²) in [4.78, 5) is 0. The molecule has 0 amide bonds. The van der Waals surface area contributed by atoms with Crippen LogP contribution >= 0.6 is 12.4 Å². The number of hydrogen-bond donors (Lipinski definition) is 1. The van der Waals surface area contributed by atoms with Crippen LogP contribution in [-0.4, -0.2) is 13.1 Å². The lowest BCUT2D eigenvalue weighted by molar-refractivity contribution is 0.277. The third-order valence-corrected chi connectivity index (χ3v) is 3.30. The monoisotopic (exact) mass is 175 g/mol. The Balaban J connectivity index is 0.000000605. The van der Waals surface area contributed by atoms with Crippen molar-refractivity contribution in [2.24, 2.45) is 5.41 Å². The zero-order valence-corrected chi connectivity index (χ0v) is 8.04. The van der Waals surface area contributed by atoms with Crippen molar-refractivity contribution in [2.45, 2.75) is 44.6 Å². The molecule has 0 aliphatic heterocycles. The van der Waals surface area contributed by atoms with Crippen molar-refractivity contribution in [3.8, 4) is 0 Å². The number of rotatable bonds is 1. The van der Waals surface area contributed by atoms with Gasteiger partial charge in [-0.25, -0.2) is 0 Å². The zero-order valence-electron chi connectivity index (χ0n) is 7.23. The Bertz CT molecular complexity index is 132. The molecule has 0 aromatic rings. The third-order valence-electron chi connectivity index (χ3n) is 3.30. The van der Waals surface area contributed by atoms with Crippen LogP contribution in [-0.2, 0) is 0 Å². The van der Waals surface area contributed by atoms with Gasteiger partial charge in [0.15, 0.2) is 0 Å². The molecule has 1 spiro atoms. The van der Waals surface area contributed by atoms with E-state index in [0.717, 1.165) is 11.5 Å². The van der Waals surface area contributed by atoms with Crippen molar-refractivity contribution < 1.29 is 0 Å². The fourth-order valence-electron chi connectivity index (χ4n) is 2.33. The molecule has 2 rings (SSSR count). The summed E-state index contributed by atoms with van der Waals surface area (Å²) in [5.74, 6) is 0. The average Bonchev–Trinajstić information content (AvgIpc) is 2.70. The molecular formula is C9H18ClN. The maximum atomic E-state index is 3.40. The van der Waals surface area contributed by atoms with E-state index in [1.54, 1.807) is 0 Å².